The number of amides is 3. The molecule has 0 aromatic heterocycles. The summed E-state index contributed by atoms with van der Waals surface area (Å²) in [7, 11) is 0. The van der Waals surface area contributed by atoms with Crippen molar-refractivity contribution in [2.75, 3.05) is 38.5 Å². The molecule has 0 spiro atoms. The van der Waals surface area contributed by atoms with E-state index >= 15 is 0 Å². The van der Waals surface area contributed by atoms with Gasteiger partial charge in [0.1, 0.15) is 0 Å². The number of piperazine rings is 1. The van der Waals surface area contributed by atoms with Gasteiger partial charge in [0.2, 0.25) is 5.91 Å². The van der Waals surface area contributed by atoms with Crippen molar-refractivity contribution in [2.24, 2.45) is 0 Å². The number of carbonyl (C=O) groups is 2. The lowest BCUT2D eigenvalue weighted by Gasteiger charge is -2.34. The van der Waals surface area contributed by atoms with E-state index in [1.54, 1.807) is 15.9 Å². The van der Waals surface area contributed by atoms with Gasteiger partial charge < -0.3 is 20.9 Å². The van der Waals surface area contributed by atoms with Gasteiger partial charge in [-0.15, -0.1) is 0 Å². The second-order valence-electron chi connectivity index (χ2n) is 5.08. The minimum atomic E-state index is -0.0584. The standard InChI is InChI=1S/C15H22N4O2/c1-2-17-15(21)19-9-7-18(8-10-19)14(20)11-12-5-3-4-6-13(12)16/h3-6H,2,7-11,16H2,1H3,(H,17,21). The van der Waals surface area contributed by atoms with Crippen LogP contribution in [0.1, 0.15) is 12.5 Å². The molecule has 0 radical (unpaired) electrons. The third kappa shape index (κ3) is 3.87. The molecule has 3 amide bonds. The van der Waals surface area contributed by atoms with E-state index in [-0.39, 0.29) is 11.9 Å². The number of hydrogen-bond acceptors (Lipinski definition) is 3. The molecule has 0 bridgehead atoms. The van der Waals surface area contributed by atoms with Crippen molar-refractivity contribution in [2.45, 2.75) is 13.3 Å². The van der Waals surface area contributed by atoms with E-state index in [1.807, 2.05) is 25.1 Å². The van der Waals surface area contributed by atoms with Gasteiger partial charge in [-0.05, 0) is 18.6 Å². The van der Waals surface area contributed by atoms with Crippen LogP contribution in [0.4, 0.5) is 10.5 Å². The highest BCUT2D eigenvalue weighted by atomic mass is 16.2. The highest BCUT2D eigenvalue weighted by molar-refractivity contribution is 5.81. The molecule has 0 aliphatic carbocycles. The Bertz CT molecular complexity index is 510. The number of carbonyl (C=O) groups excluding carboxylic acids is 2. The third-order valence-electron chi connectivity index (χ3n) is 3.64. The summed E-state index contributed by atoms with van der Waals surface area (Å²) in [5.41, 5.74) is 7.36. The van der Waals surface area contributed by atoms with Crippen molar-refractivity contribution in [1.82, 2.24) is 15.1 Å². The largest absolute Gasteiger partial charge is 0.398 e. The summed E-state index contributed by atoms with van der Waals surface area (Å²) in [4.78, 5) is 27.5. The van der Waals surface area contributed by atoms with Crippen molar-refractivity contribution >= 4 is 17.6 Å². The molecule has 1 aromatic carbocycles. The van der Waals surface area contributed by atoms with Crippen molar-refractivity contribution in [3.05, 3.63) is 29.8 Å². The van der Waals surface area contributed by atoms with Gasteiger partial charge in [-0.2, -0.15) is 0 Å². The average Bonchev–Trinajstić information content (AvgIpc) is 2.50. The first-order chi connectivity index (χ1) is 10.1. The number of nitrogens with two attached hydrogens (primary N) is 1. The molecule has 114 valence electrons. The lowest BCUT2D eigenvalue weighted by atomic mass is 10.1. The Morgan fingerprint density at radius 3 is 2.38 bits per heavy atom. The molecule has 1 saturated heterocycles. The monoisotopic (exact) mass is 290 g/mol. The molecule has 0 atom stereocenters. The molecular formula is C15H22N4O2. The Morgan fingerprint density at radius 1 is 1.14 bits per heavy atom. The van der Waals surface area contributed by atoms with Crippen LogP contribution in [0.25, 0.3) is 0 Å². The normalized spacial score (nSPS) is 14.9. The summed E-state index contributed by atoms with van der Waals surface area (Å²) < 4.78 is 0. The zero-order valence-corrected chi connectivity index (χ0v) is 12.3. The quantitative estimate of drug-likeness (QED) is 0.804. The van der Waals surface area contributed by atoms with E-state index in [2.05, 4.69) is 5.32 Å². The topological polar surface area (TPSA) is 78.7 Å². The zero-order chi connectivity index (χ0) is 15.2. The van der Waals surface area contributed by atoms with Crippen molar-refractivity contribution in [3.8, 4) is 0 Å². The van der Waals surface area contributed by atoms with Gasteiger partial charge >= 0.3 is 6.03 Å². The van der Waals surface area contributed by atoms with Crippen molar-refractivity contribution in [3.63, 3.8) is 0 Å². The molecule has 21 heavy (non-hydrogen) atoms. The lowest BCUT2D eigenvalue weighted by Crippen LogP contribution is -2.53. The van der Waals surface area contributed by atoms with Gasteiger partial charge in [-0.1, -0.05) is 18.2 Å². The highest BCUT2D eigenvalue weighted by Crippen LogP contribution is 2.13. The van der Waals surface area contributed by atoms with Crippen LogP contribution in [0, 0.1) is 0 Å². The van der Waals surface area contributed by atoms with Gasteiger partial charge in [-0.25, -0.2) is 4.79 Å². The second-order valence-corrected chi connectivity index (χ2v) is 5.08. The molecular weight excluding hydrogens is 268 g/mol. The molecule has 1 aromatic rings. The summed E-state index contributed by atoms with van der Waals surface area (Å²) in [6, 6.07) is 7.35. The maximum absolute atomic E-state index is 12.3. The summed E-state index contributed by atoms with van der Waals surface area (Å²) >= 11 is 0. The number of nitrogens with one attached hydrogen (secondary N) is 1. The summed E-state index contributed by atoms with van der Waals surface area (Å²) in [6.07, 6.45) is 0.313. The molecule has 3 N–H and O–H groups in total. The first-order valence-corrected chi connectivity index (χ1v) is 7.25. The second kappa shape index (κ2) is 6.97. The smallest absolute Gasteiger partial charge is 0.317 e. The van der Waals surface area contributed by atoms with E-state index in [1.165, 1.54) is 0 Å². The van der Waals surface area contributed by atoms with Gasteiger partial charge in [0.05, 0.1) is 6.42 Å². The van der Waals surface area contributed by atoms with Gasteiger partial charge in [0.15, 0.2) is 0 Å². The molecule has 1 heterocycles. The summed E-state index contributed by atoms with van der Waals surface area (Å²) in [5, 5.41) is 2.77. The Kier molecular flexibility index (Phi) is 5.03. The predicted molar refractivity (Wildman–Crippen MR) is 81.8 cm³/mol. The van der Waals surface area contributed by atoms with Crippen LogP contribution in [-0.2, 0) is 11.2 Å². The lowest BCUT2D eigenvalue weighted by molar-refractivity contribution is -0.131. The number of rotatable bonds is 3. The minimum absolute atomic E-state index is 0.0584. The summed E-state index contributed by atoms with van der Waals surface area (Å²) in [6.45, 7) is 4.79. The van der Waals surface area contributed by atoms with Crippen LogP contribution in [0.15, 0.2) is 24.3 Å². The van der Waals surface area contributed by atoms with Crippen molar-refractivity contribution in [1.29, 1.82) is 0 Å². The van der Waals surface area contributed by atoms with Crippen LogP contribution < -0.4 is 11.1 Å². The van der Waals surface area contributed by atoms with Crippen LogP contribution in [0.2, 0.25) is 0 Å². The number of hydrogen-bond donors (Lipinski definition) is 2. The number of para-hydroxylation sites is 1. The van der Waals surface area contributed by atoms with E-state index in [4.69, 9.17) is 5.73 Å². The maximum Gasteiger partial charge on any atom is 0.317 e. The zero-order valence-electron chi connectivity index (χ0n) is 12.3. The molecule has 1 aliphatic rings. The fraction of sp³-hybridized carbons (Fsp3) is 0.467. The maximum atomic E-state index is 12.3. The number of benzene rings is 1. The Balaban J connectivity index is 1.86. The van der Waals surface area contributed by atoms with E-state index in [0.717, 1.165) is 5.56 Å². The average molecular weight is 290 g/mol. The molecule has 0 unspecified atom stereocenters. The third-order valence-corrected chi connectivity index (χ3v) is 3.64. The Morgan fingerprint density at radius 2 is 1.76 bits per heavy atom. The van der Waals surface area contributed by atoms with Crippen LogP contribution in [-0.4, -0.2) is 54.5 Å². The Hall–Kier alpha value is -2.24. The SMILES string of the molecule is CCNC(=O)N1CCN(C(=O)Cc2ccccc2N)CC1. The fourth-order valence-electron chi connectivity index (χ4n) is 2.39. The highest BCUT2D eigenvalue weighted by Gasteiger charge is 2.23. The molecule has 1 aliphatic heterocycles. The molecule has 6 heteroatoms. The predicted octanol–water partition coefficient (Wildman–Crippen LogP) is 0.685. The molecule has 0 saturated carbocycles. The van der Waals surface area contributed by atoms with Gasteiger partial charge in [-0.3, -0.25) is 4.79 Å². The molecule has 2 rings (SSSR count). The minimum Gasteiger partial charge on any atom is -0.398 e. The molecule has 6 nitrogen and oxygen atoms in total. The van der Waals surface area contributed by atoms with E-state index in [0.29, 0.717) is 44.8 Å². The van der Waals surface area contributed by atoms with Crippen LogP contribution in [0.5, 0.6) is 0 Å². The first kappa shape index (κ1) is 15.2. The molecule has 1 fully saturated rings. The Labute approximate surface area is 124 Å². The van der Waals surface area contributed by atoms with E-state index in [9.17, 15) is 9.59 Å². The van der Waals surface area contributed by atoms with E-state index < -0.39 is 0 Å². The number of nitrogens with zero attached hydrogens (tertiary/aromatic N) is 2. The number of anilines is 1. The first-order valence-electron chi connectivity index (χ1n) is 7.25. The van der Waals surface area contributed by atoms with Crippen molar-refractivity contribution < 1.29 is 9.59 Å². The number of urea groups is 1. The van der Waals surface area contributed by atoms with Gasteiger partial charge in [0, 0.05) is 38.4 Å². The summed E-state index contributed by atoms with van der Waals surface area (Å²) in [5.74, 6) is 0.0587. The van der Waals surface area contributed by atoms with Gasteiger partial charge in [0.25, 0.3) is 0 Å². The van der Waals surface area contributed by atoms with Crippen LogP contribution >= 0.6 is 0 Å². The van der Waals surface area contributed by atoms with Crippen LogP contribution in [0.3, 0.4) is 0 Å². The fourth-order valence-corrected chi connectivity index (χ4v) is 2.39. The number of nitrogen functional groups attached to an aromatic ring is 1.